The van der Waals surface area contributed by atoms with Crippen molar-refractivity contribution in [2.45, 2.75) is 19.3 Å². The van der Waals surface area contributed by atoms with Crippen LogP contribution in [0.1, 0.15) is 24.8 Å². The number of aliphatic carboxylic acids is 1. The molecule has 0 aromatic carbocycles. The summed E-state index contributed by atoms with van der Waals surface area (Å²) in [4.78, 5) is 16.7. The molecule has 0 saturated heterocycles. The molecule has 1 unspecified atom stereocenters. The first-order chi connectivity index (χ1) is 7.00. The number of pyridine rings is 1. The zero-order valence-corrected chi connectivity index (χ0v) is 9.27. The Kier molecular flexibility index (Phi) is 3.66. The minimum absolute atomic E-state index is 0.00575. The first-order valence-corrected chi connectivity index (χ1v) is 4.85. The van der Waals surface area contributed by atoms with Crippen LogP contribution in [0.25, 0.3) is 0 Å². The summed E-state index contributed by atoms with van der Waals surface area (Å²) in [6.07, 6.45) is 1.88. The molecule has 1 rings (SSSR count). The summed E-state index contributed by atoms with van der Waals surface area (Å²) in [5.41, 5.74) is 0.961. The van der Waals surface area contributed by atoms with E-state index in [-0.39, 0.29) is 12.3 Å². The van der Waals surface area contributed by atoms with E-state index < -0.39 is 5.97 Å². The van der Waals surface area contributed by atoms with E-state index in [9.17, 15) is 4.79 Å². The summed E-state index contributed by atoms with van der Waals surface area (Å²) in [5, 5.41) is 8.66. The Hall–Kier alpha value is -1.58. The van der Waals surface area contributed by atoms with E-state index in [0.29, 0.717) is 0 Å². The van der Waals surface area contributed by atoms with E-state index in [2.05, 4.69) is 4.98 Å². The maximum Gasteiger partial charge on any atom is 0.303 e. The fraction of sp³-hybridized carbons (Fsp3) is 0.455. The van der Waals surface area contributed by atoms with E-state index in [0.717, 1.165) is 11.4 Å². The van der Waals surface area contributed by atoms with Crippen molar-refractivity contribution in [3.05, 3.63) is 23.9 Å². The highest BCUT2D eigenvalue weighted by atomic mass is 16.4. The summed E-state index contributed by atoms with van der Waals surface area (Å²) in [7, 11) is 3.84. The molecule has 0 saturated carbocycles. The average Bonchev–Trinajstić information content (AvgIpc) is 2.17. The molecular formula is C11H16N2O2. The summed E-state index contributed by atoms with van der Waals surface area (Å²) >= 11 is 0. The Morgan fingerprint density at radius 1 is 1.53 bits per heavy atom. The van der Waals surface area contributed by atoms with Gasteiger partial charge in [-0.1, -0.05) is 13.0 Å². The van der Waals surface area contributed by atoms with Crippen LogP contribution in [0, 0.1) is 0 Å². The van der Waals surface area contributed by atoms with Gasteiger partial charge in [0, 0.05) is 20.3 Å². The molecule has 1 aromatic rings. The predicted molar refractivity (Wildman–Crippen MR) is 59.2 cm³/mol. The van der Waals surface area contributed by atoms with Crippen molar-refractivity contribution in [1.29, 1.82) is 0 Å². The highest BCUT2D eigenvalue weighted by molar-refractivity contribution is 5.67. The number of anilines is 1. The van der Waals surface area contributed by atoms with Gasteiger partial charge in [-0.15, -0.1) is 0 Å². The average molecular weight is 208 g/mol. The molecule has 0 bridgehead atoms. The van der Waals surface area contributed by atoms with Crippen molar-refractivity contribution < 1.29 is 9.90 Å². The van der Waals surface area contributed by atoms with Gasteiger partial charge in [-0.2, -0.15) is 0 Å². The third kappa shape index (κ3) is 3.23. The van der Waals surface area contributed by atoms with E-state index in [4.69, 9.17) is 5.11 Å². The third-order valence-corrected chi connectivity index (χ3v) is 2.28. The van der Waals surface area contributed by atoms with Crippen LogP contribution in [0.5, 0.6) is 0 Å². The highest BCUT2D eigenvalue weighted by Gasteiger charge is 2.10. The van der Waals surface area contributed by atoms with E-state index >= 15 is 0 Å². The largest absolute Gasteiger partial charge is 0.481 e. The second kappa shape index (κ2) is 4.77. The molecular weight excluding hydrogens is 192 g/mol. The standard InChI is InChI=1S/C11H16N2O2/c1-8(6-11(14)15)9-4-5-10(12-7-9)13(2)3/h4-5,7-8H,6H2,1-3H3,(H,14,15). The van der Waals surface area contributed by atoms with Gasteiger partial charge in [0.05, 0.1) is 6.42 Å². The molecule has 1 heterocycles. The Morgan fingerprint density at radius 3 is 2.60 bits per heavy atom. The minimum Gasteiger partial charge on any atom is -0.481 e. The minimum atomic E-state index is -0.779. The van der Waals surface area contributed by atoms with Crippen molar-refractivity contribution in [2.24, 2.45) is 0 Å². The zero-order valence-electron chi connectivity index (χ0n) is 9.27. The maximum absolute atomic E-state index is 10.5. The lowest BCUT2D eigenvalue weighted by Crippen LogP contribution is -2.11. The quantitative estimate of drug-likeness (QED) is 0.818. The SMILES string of the molecule is CC(CC(=O)O)c1ccc(N(C)C)nc1. The summed E-state index contributed by atoms with van der Waals surface area (Å²) < 4.78 is 0. The number of rotatable bonds is 4. The van der Waals surface area contributed by atoms with Crippen LogP contribution in [-0.2, 0) is 4.79 Å². The van der Waals surface area contributed by atoms with Gasteiger partial charge in [0.15, 0.2) is 0 Å². The van der Waals surface area contributed by atoms with Gasteiger partial charge in [-0.25, -0.2) is 4.98 Å². The lowest BCUT2D eigenvalue weighted by molar-refractivity contribution is -0.137. The first-order valence-electron chi connectivity index (χ1n) is 4.85. The molecule has 1 N–H and O–H groups in total. The smallest absolute Gasteiger partial charge is 0.303 e. The topological polar surface area (TPSA) is 53.4 Å². The lowest BCUT2D eigenvalue weighted by atomic mass is 10.00. The summed E-state index contributed by atoms with van der Waals surface area (Å²) in [6.45, 7) is 1.89. The normalized spacial score (nSPS) is 12.2. The third-order valence-electron chi connectivity index (χ3n) is 2.28. The number of hydrogen-bond acceptors (Lipinski definition) is 3. The van der Waals surface area contributed by atoms with Gasteiger partial charge in [0.2, 0.25) is 0 Å². The van der Waals surface area contributed by atoms with Crippen LogP contribution in [0.15, 0.2) is 18.3 Å². The molecule has 0 aliphatic carbocycles. The number of nitrogens with zero attached hydrogens (tertiary/aromatic N) is 2. The molecule has 0 fully saturated rings. The van der Waals surface area contributed by atoms with Crippen molar-refractivity contribution in [3.63, 3.8) is 0 Å². The van der Waals surface area contributed by atoms with Crippen molar-refractivity contribution >= 4 is 11.8 Å². The van der Waals surface area contributed by atoms with Crippen LogP contribution in [0.4, 0.5) is 5.82 Å². The molecule has 0 amide bonds. The van der Waals surface area contributed by atoms with Crippen LogP contribution in [0.2, 0.25) is 0 Å². The Labute approximate surface area is 89.6 Å². The summed E-state index contributed by atoms with van der Waals surface area (Å²) in [6, 6.07) is 3.82. The Morgan fingerprint density at radius 2 is 2.20 bits per heavy atom. The van der Waals surface area contributed by atoms with Gasteiger partial charge in [-0.3, -0.25) is 4.79 Å². The van der Waals surface area contributed by atoms with Gasteiger partial charge in [-0.05, 0) is 17.5 Å². The molecule has 15 heavy (non-hydrogen) atoms. The second-order valence-electron chi connectivity index (χ2n) is 3.84. The lowest BCUT2D eigenvalue weighted by Gasteiger charge is -2.13. The fourth-order valence-electron chi connectivity index (χ4n) is 1.33. The Bertz CT molecular complexity index is 333. The van der Waals surface area contributed by atoms with Crippen LogP contribution in [0.3, 0.4) is 0 Å². The number of carbonyl (C=O) groups is 1. The molecule has 1 atom stereocenters. The van der Waals surface area contributed by atoms with Crippen molar-refractivity contribution in [2.75, 3.05) is 19.0 Å². The molecule has 4 heteroatoms. The zero-order chi connectivity index (χ0) is 11.4. The van der Waals surface area contributed by atoms with E-state index in [1.165, 1.54) is 0 Å². The van der Waals surface area contributed by atoms with Crippen molar-refractivity contribution in [1.82, 2.24) is 4.98 Å². The molecule has 4 nitrogen and oxygen atoms in total. The molecule has 82 valence electrons. The second-order valence-corrected chi connectivity index (χ2v) is 3.84. The van der Waals surface area contributed by atoms with Gasteiger partial charge in [0.1, 0.15) is 5.82 Å². The molecule has 0 spiro atoms. The molecule has 0 radical (unpaired) electrons. The monoisotopic (exact) mass is 208 g/mol. The summed E-state index contributed by atoms with van der Waals surface area (Å²) in [5.74, 6) is 0.103. The number of carboxylic acid groups (broad SMARTS) is 1. The maximum atomic E-state index is 10.5. The van der Waals surface area contributed by atoms with Gasteiger partial charge in [0.25, 0.3) is 0 Å². The van der Waals surface area contributed by atoms with E-state index in [1.807, 2.05) is 38.1 Å². The molecule has 0 aliphatic heterocycles. The molecule has 0 aliphatic rings. The van der Waals surface area contributed by atoms with Crippen LogP contribution in [-0.4, -0.2) is 30.2 Å². The van der Waals surface area contributed by atoms with E-state index in [1.54, 1.807) is 6.20 Å². The first kappa shape index (κ1) is 11.5. The van der Waals surface area contributed by atoms with Gasteiger partial charge >= 0.3 is 5.97 Å². The molecule has 1 aromatic heterocycles. The predicted octanol–water partition coefficient (Wildman–Crippen LogP) is 1.73. The van der Waals surface area contributed by atoms with Crippen LogP contribution >= 0.6 is 0 Å². The fourth-order valence-corrected chi connectivity index (χ4v) is 1.33. The number of carboxylic acids is 1. The Balaban J connectivity index is 2.75. The van der Waals surface area contributed by atoms with Crippen LogP contribution < -0.4 is 4.90 Å². The number of hydrogen-bond donors (Lipinski definition) is 1. The van der Waals surface area contributed by atoms with Gasteiger partial charge < -0.3 is 10.0 Å². The number of aromatic nitrogens is 1. The highest BCUT2D eigenvalue weighted by Crippen LogP contribution is 2.19. The van der Waals surface area contributed by atoms with Crippen molar-refractivity contribution in [3.8, 4) is 0 Å².